The van der Waals surface area contributed by atoms with E-state index in [1.807, 2.05) is 77.1 Å². The van der Waals surface area contributed by atoms with Crippen molar-refractivity contribution in [2.45, 2.75) is 53.9 Å². The standard InChI is InChI=1S/C21H20N4O.2C2H6/c1-14-13-22-21(24-16-7-3-2-4-8-16)25-20(14)23-17-10-11-18-15(12-17)6-5-9-19(18)26;2*1-2/h2-4,7-8,10-13H,5-6,9H2,1H3,(H2,22,23,24,25);2*1-2H3. The molecule has 0 spiro atoms. The van der Waals surface area contributed by atoms with Crippen molar-refractivity contribution >= 4 is 28.9 Å². The molecule has 1 aromatic heterocycles. The van der Waals surface area contributed by atoms with Crippen LogP contribution < -0.4 is 10.6 Å². The average Bonchev–Trinajstić information content (AvgIpc) is 2.80. The number of carbonyl (C=O) groups is 1. The van der Waals surface area contributed by atoms with Crippen molar-refractivity contribution in [1.29, 1.82) is 0 Å². The van der Waals surface area contributed by atoms with Crippen molar-refractivity contribution in [1.82, 2.24) is 9.97 Å². The van der Waals surface area contributed by atoms with Crippen molar-refractivity contribution in [3.63, 3.8) is 0 Å². The predicted octanol–water partition coefficient (Wildman–Crippen LogP) is 6.84. The first-order valence-corrected chi connectivity index (χ1v) is 10.8. The number of aromatic nitrogens is 2. The van der Waals surface area contributed by atoms with E-state index in [1.54, 1.807) is 6.20 Å². The average molecular weight is 405 g/mol. The van der Waals surface area contributed by atoms with Crippen molar-refractivity contribution in [2.75, 3.05) is 10.6 Å². The Balaban J connectivity index is 0.000000757. The molecule has 0 amide bonds. The summed E-state index contributed by atoms with van der Waals surface area (Å²) >= 11 is 0. The smallest absolute Gasteiger partial charge is 0.229 e. The van der Waals surface area contributed by atoms with Gasteiger partial charge in [0.1, 0.15) is 5.82 Å². The van der Waals surface area contributed by atoms with Crippen LogP contribution in [-0.4, -0.2) is 15.8 Å². The summed E-state index contributed by atoms with van der Waals surface area (Å²) < 4.78 is 0. The van der Waals surface area contributed by atoms with Gasteiger partial charge < -0.3 is 10.6 Å². The summed E-state index contributed by atoms with van der Waals surface area (Å²) in [6.45, 7) is 9.97. The number of carbonyl (C=O) groups excluding carboxylic acids is 1. The molecule has 0 saturated carbocycles. The maximum absolute atomic E-state index is 12.0. The van der Waals surface area contributed by atoms with Gasteiger partial charge in [-0.25, -0.2) is 4.98 Å². The second kappa shape index (κ2) is 11.7. The zero-order chi connectivity index (χ0) is 21.9. The zero-order valence-electron chi connectivity index (χ0n) is 18.6. The Morgan fingerprint density at radius 2 is 1.60 bits per heavy atom. The van der Waals surface area contributed by atoms with Gasteiger partial charge in [-0.15, -0.1) is 0 Å². The van der Waals surface area contributed by atoms with E-state index >= 15 is 0 Å². The van der Waals surface area contributed by atoms with Crippen molar-refractivity contribution in [2.24, 2.45) is 0 Å². The molecule has 2 N–H and O–H groups in total. The number of Topliss-reactive ketones (excluding diaryl/α,β-unsaturated/α-hetero) is 1. The summed E-state index contributed by atoms with van der Waals surface area (Å²) in [7, 11) is 0. The van der Waals surface area contributed by atoms with E-state index in [-0.39, 0.29) is 5.78 Å². The third kappa shape index (κ3) is 5.89. The van der Waals surface area contributed by atoms with Gasteiger partial charge in [-0.2, -0.15) is 4.98 Å². The predicted molar refractivity (Wildman–Crippen MR) is 126 cm³/mol. The quantitative estimate of drug-likeness (QED) is 0.498. The summed E-state index contributed by atoms with van der Waals surface area (Å²) in [5.41, 5.74) is 4.80. The Bertz CT molecular complexity index is 955. The molecule has 0 fully saturated rings. The van der Waals surface area contributed by atoms with E-state index in [0.717, 1.165) is 46.7 Å². The molecule has 1 aliphatic carbocycles. The number of anilines is 4. The van der Waals surface area contributed by atoms with Gasteiger partial charge in [-0.05, 0) is 55.7 Å². The number of ketones is 1. The van der Waals surface area contributed by atoms with E-state index in [2.05, 4.69) is 26.7 Å². The van der Waals surface area contributed by atoms with Crippen LogP contribution in [0.2, 0.25) is 0 Å². The Kier molecular flexibility index (Phi) is 9.01. The molecule has 1 aliphatic rings. The van der Waals surface area contributed by atoms with E-state index in [0.29, 0.717) is 12.4 Å². The molecule has 3 aromatic rings. The molecule has 30 heavy (non-hydrogen) atoms. The number of hydrogen-bond acceptors (Lipinski definition) is 5. The molecule has 5 heteroatoms. The molecule has 0 atom stereocenters. The minimum absolute atomic E-state index is 0.241. The van der Waals surface area contributed by atoms with Crippen LogP contribution in [-0.2, 0) is 6.42 Å². The van der Waals surface area contributed by atoms with Crippen LogP contribution in [0.4, 0.5) is 23.1 Å². The first-order chi connectivity index (χ1) is 14.7. The number of nitrogens with zero attached hydrogens (tertiary/aromatic N) is 2. The molecular formula is C25H32N4O. The molecule has 0 bridgehead atoms. The number of benzene rings is 2. The number of rotatable bonds is 4. The van der Waals surface area contributed by atoms with E-state index in [9.17, 15) is 4.79 Å². The van der Waals surface area contributed by atoms with Crippen molar-refractivity contribution in [3.05, 3.63) is 71.4 Å². The third-order valence-corrected chi connectivity index (χ3v) is 4.52. The normalized spacial score (nSPS) is 11.8. The lowest BCUT2D eigenvalue weighted by Crippen LogP contribution is -2.11. The molecule has 0 unspecified atom stereocenters. The second-order valence-electron chi connectivity index (χ2n) is 6.49. The first-order valence-electron chi connectivity index (χ1n) is 10.8. The fraction of sp³-hybridized carbons (Fsp3) is 0.320. The Labute approximate surface area is 180 Å². The van der Waals surface area contributed by atoms with E-state index in [4.69, 9.17) is 0 Å². The highest BCUT2D eigenvalue weighted by Gasteiger charge is 2.17. The zero-order valence-corrected chi connectivity index (χ0v) is 18.6. The highest BCUT2D eigenvalue weighted by Crippen LogP contribution is 2.27. The molecule has 0 saturated heterocycles. The van der Waals surface area contributed by atoms with Gasteiger partial charge >= 0.3 is 0 Å². The maximum atomic E-state index is 12.0. The van der Waals surface area contributed by atoms with Crippen LogP contribution >= 0.6 is 0 Å². The van der Waals surface area contributed by atoms with E-state index in [1.165, 1.54) is 0 Å². The van der Waals surface area contributed by atoms with Crippen molar-refractivity contribution in [3.8, 4) is 0 Å². The second-order valence-corrected chi connectivity index (χ2v) is 6.49. The molecule has 4 rings (SSSR count). The molecule has 0 radical (unpaired) electrons. The summed E-state index contributed by atoms with van der Waals surface area (Å²) in [5, 5.41) is 6.57. The molecule has 2 aromatic carbocycles. The highest BCUT2D eigenvalue weighted by molar-refractivity contribution is 5.98. The maximum Gasteiger partial charge on any atom is 0.229 e. The van der Waals surface area contributed by atoms with Gasteiger partial charge in [0.15, 0.2) is 5.78 Å². The van der Waals surface area contributed by atoms with Gasteiger partial charge in [0.25, 0.3) is 0 Å². The lowest BCUT2D eigenvalue weighted by Gasteiger charge is -2.17. The number of fused-ring (bicyclic) bond motifs is 1. The van der Waals surface area contributed by atoms with Crippen LogP contribution in [0.15, 0.2) is 54.7 Å². The Morgan fingerprint density at radius 1 is 0.867 bits per heavy atom. The minimum Gasteiger partial charge on any atom is -0.340 e. The molecule has 5 nitrogen and oxygen atoms in total. The molecule has 0 aliphatic heterocycles. The number of para-hydroxylation sites is 1. The molecular weight excluding hydrogens is 372 g/mol. The largest absolute Gasteiger partial charge is 0.340 e. The van der Waals surface area contributed by atoms with Gasteiger partial charge in [0, 0.05) is 35.1 Å². The SMILES string of the molecule is CC.CC.Cc1cnc(Nc2ccccc2)nc1Nc1ccc2c(c1)CCCC2=O. The number of nitrogens with one attached hydrogen (secondary N) is 2. The fourth-order valence-corrected chi connectivity index (χ4v) is 3.14. The lowest BCUT2D eigenvalue weighted by molar-refractivity contribution is 0.0972. The van der Waals surface area contributed by atoms with Crippen LogP contribution in [0.5, 0.6) is 0 Å². The van der Waals surface area contributed by atoms with Gasteiger partial charge in [0.05, 0.1) is 0 Å². The lowest BCUT2D eigenvalue weighted by atomic mass is 9.90. The number of hydrogen-bond donors (Lipinski definition) is 2. The van der Waals surface area contributed by atoms with Crippen molar-refractivity contribution < 1.29 is 4.79 Å². The molecule has 158 valence electrons. The highest BCUT2D eigenvalue weighted by atomic mass is 16.1. The van der Waals surface area contributed by atoms with Gasteiger partial charge in [-0.1, -0.05) is 45.9 Å². The summed E-state index contributed by atoms with van der Waals surface area (Å²) in [5.74, 6) is 1.53. The van der Waals surface area contributed by atoms with Crippen LogP contribution in [0.1, 0.15) is 62.0 Å². The molecule has 1 heterocycles. The topological polar surface area (TPSA) is 66.9 Å². The summed E-state index contributed by atoms with van der Waals surface area (Å²) in [6, 6.07) is 15.7. The first kappa shape index (κ1) is 23.1. The number of aryl methyl sites for hydroxylation is 2. The summed E-state index contributed by atoms with van der Waals surface area (Å²) in [6.07, 6.45) is 4.31. The van der Waals surface area contributed by atoms with Crippen LogP contribution in [0.25, 0.3) is 0 Å². The minimum atomic E-state index is 0.241. The third-order valence-electron chi connectivity index (χ3n) is 4.52. The monoisotopic (exact) mass is 404 g/mol. The van der Waals surface area contributed by atoms with E-state index < -0.39 is 0 Å². The summed E-state index contributed by atoms with van der Waals surface area (Å²) in [4.78, 5) is 20.9. The Hall–Kier alpha value is -3.21. The van der Waals surface area contributed by atoms with Gasteiger partial charge in [0.2, 0.25) is 5.95 Å². The van der Waals surface area contributed by atoms with Gasteiger partial charge in [-0.3, -0.25) is 4.79 Å². The van der Waals surface area contributed by atoms with Crippen LogP contribution in [0, 0.1) is 6.92 Å². The Morgan fingerprint density at radius 3 is 2.33 bits per heavy atom. The fourth-order valence-electron chi connectivity index (χ4n) is 3.14. The van der Waals surface area contributed by atoms with Crippen LogP contribution in [0.3, 0.4) is 0 Å².